The molecular weight excluding hydrogens is 278 g/mol. The molecule has 3 heterocycles. The van der Waals surface area contributed by atoms with Crippen molar-refractivity contribution in [2.45, 2.75) is 37.8 Å². The molecule has 2 aliphatic rings. The Bertz CT molecular complexity index is 466. The maximum atomic E-state index is 10.6. The smallest absolute Gasteiger partial charge is 0.225 e. The van der Waals surface area contributed by atoms with Gasteiger partial charge in [0.1, 0.15) is 0 Å². The van der Waals surface area contributed by atoms with Crippen molar-refractivity contribution in [3.63, 3.8) is 0 Å². The summed E-state index contributed by atoms with van der Waals surface area (Å²) in [5.41, 5.74) is -0.683. The van der Waals surface area contributed by atoms with Crippen LogP contribution in [0.5, 0.6) is 0 Å². The van der Waals surface area contributed by atoms with E-state index in [0.717, 1.165) is 19.4 Å². The molecule has 0 spiro atoms. The molecular formula is C14H20ClN3O2. The molecule has 1 aromatic rings. The Morgan fingerprint density at radius 1 is 1.45 bits per heavy atom. The highest BCUT2D eigenvalue weighted by Crippen LogP contribution is 2.37. The van der Waals surface area contributed by atoms with E-state index in [-0.39, 0.29) is 12.0 Å². The molecule has 0 aliphatic carbocycles. The summed E-state index contributed by atoms with van der Waals surface area (Å²) in [4.78, 5) is 10.8. The van der Waals surface area contributed by atoms with E-state index in [9.17, 15) is 5.11 Å². The Morgan fingerprint density at radius 3 is 2.90 bits per heavy atom. The van der Waals surface area contributed by atoms with Gasteiger partial charge >= 0.3 is 0 Å². The van der Waals surface area contributed by atoms with E-state index in [4.69, 9.17) is 16.3 Å². The summed E-state index contributed by atoms with van der Waals surface area (Å²) in [6.45, 7) is 4.06. The molecule has 0 unspecified atom stereocenters. The number of halogens is 1. The molecule has 0 radical (unpaired) electrons. The first-order chi connectivity index (χ1) is 9.58. The Balaban J connectivity index is 1.83. The lowest BCUT2D eigenvalue weighted by atomic mass is 9.79. The molecule has 2 saturated heterocycles. The quantitative estimate of drug-likeness (QED) is 0.903. The van der Waals surface area contributed by atoms with Crippen molar-refractivity contribution in [3.8, 4) is 0 Å². The molecule has 20 heavy (non-hydrogen) atoms. The second-order valence-corrected chi connectivity index (χ2v) is 6.33. The molecule has 0 saturated carbocycles. The third kappa shape index (κ3) is 2.62. The van der Waals surface area contributed by atoms with E-state index in [1.165, 1.54) is 0 Å². The molecule has 110 valence electrons. The monoisotopic (exact) mass is 297 g/mol. The van der Waals surface area contributed by atoms with Crippen LogP contribution in [0.1, 0.15) is 26.2 Å². The zero-order chi connectivity index (χ0) is 14.2. The van der Waals surface area contributed by atoms with E-state index in [1.807, 2.05) is 6.92 Å². The molecule has 3 rings (SSSR count). The summed E-state index contributed by atoms with van der Waals surface area (Å²) in [5.74, 6) is 0.788. The molecule has 0 bridgehead atoms. The number of hydrogen-bond donors (Lipinski definition) is 1. The van der Waals surface area contributed by atoms with E-state index in [2.05, 4.69) is 14.9 Å². The lowest BCUT2D eigenvalue weighted by Gasteiger charge is -2.43. The van der Waals surface area contributed by atoms with Gasteiger partial charge in [-0.1, -0.05) is 11.6 Å². The van der Waals surface area contributed by atoms with Crippen LogP contribution in [0.15, 0.2) is 12.4 Å². The first-order valence-electron chi connectivity index (χ1n) is 7.12. The van der Waals surface area contributed by atoms with Gasteiger partial charge in [0, 0.05) is 25.1 Å². The number of nitrogens with zero attached hydrogens (tertiary/aromatic N) is 3. The fourth-order valence-electron chi connectivity index (χ4n) is 3.29. The van der Waals surface area contributed by atoms with Crippen molar-refractivity contribution in [3.05, 3.63) is 17.4 Å². The van der Waals surface area contributed by atoms with Crippen LogP contribution in [0.3, 0.4) is 0 Å². The maximum Gasteiger partial charge on any atom is 0.225 e. The molecule has 3 atom stereocenters. The van der Waals surface area contributed by atoms with Gasteiger partial charge in [0.05, 0.1) is 29.6 Å². The minimum absolute atomic E-state index is 0.0954. The van der Waals surface area contributed by atoms with E-state index < -0.39 is 5.60 Å². The first kappa shape index (κ1) is 14.0. The van der Waals surface area contributed by atoms with Crippen molar-refractivity contribution in [2.24, 2.45) is 5.92 Å². The van der Waals surface area contributed by atoms with Gasteiger partial charge in [0.25, 0.3) is 0 Å². The number of aromatic nitrogens is 2. The van der Waals surface area contributed by atoms with Crippen LogP contribution in [-0.2, 0) is 4.74 Å². The summed E-state index contributed by atoms with van der Waals surface area (Å²) >= 11 is 5.85. The second-order valence-electron chi connectivity index (χ2n) is 5.89. The zero-order valence-corrected chi connectivity index (χ0v) is 12.4. The van der Waals surface area contributed by atoms with Gasteiger partial charge in [-0.2, -0.15) is 0 Å². The molecule has 2 fully saturated rings. The largest absolute Gasteiger partial charge is 0.390 e. The predicted octanol–water partition coefficient (Wildman–Crippen LogP) is 1.89. The van der Waals surface area contributed by atoms with Crippen molar-refractivity contribution < 1.29 is 9.84 Å². The fourth-order valence-corrected chi connectivity index (χ4v) is 3.39. The van der Waals surface area contributed by atoms with Gasteiger partial charge in [-0.3, -0.25) is 0 Å². The van der Waals surface area contributed by atoms with E-state index in [1.54, 1.807) is 12.4 Å². The standard InChI is InChI=1S/C14H20ClN3O2/c1-14(19)4-6-20-9-11(14)12-3-2-5-18(12)13-16-7-10(15)8-17-13/h7-8,11-12,19H,2-6,9H2,1H3/t11-,12+,14+/m1/s1. The predicted molar refractivity (Wildman–Crippen MR) is 77.0 cm³/mol. The highest BCUT2D eigenvalue weighted by atomic mass is 35.5. The summed E-state index contributed by atoms with van der Waals surface area (Å²) in [7, 11) is 0. The second kappa shape index (κ2) is 5.47. The Hall–Kier alpha value is -0.910. The maximum absolute atomic E-state index is 10.6. The minimum atomic E-state index is -0.683. The van der Waals surface area contributed by atoms with Gasteiger partial charge in [-0.25, -0.2) is 9.97 Å². The van der Waals surface area contributed by atoms with Crippen LogP contribution in [-0.4, -0.2) is 46.5 Å². The van der Waals surface area contributed by atoms with Crippen molar-refractivity contribution in [1.82, 2.24) is 9.97 Å². The van der Waals surface area contributed by atoms with Crippen LogP contribution in [0.2, 0.25) is 5.02 Å². The van der Waals surface area contributed by atoms with Crippen molar-refractivity contribution >= 4 is 17.5 Å². The first-order valence-corrected chi connectivity index (χ1v) is 7.50. The summed E-state index contributed by atoms with van der Waals surface area (Å²) in [5, 5.41) is 11.2. The Kier molecular flexibility index (Phi) is 3.84. The third-order valence-electron chi connectivity index (χ3n) is 4.48. The van der Waals surface area contributed by atoms with Crippen LogP contribution in [0.25, 0.3) is 0 Å². The van der Waals surface area contributed by atoms with Crippen LogP contribution in [0.4, 0.5) is 5.95 Å². The van der Waals surface area contributed by atoms with Crippen LogP contribution in [0, 0.1) is 5.92 Å². The van der Waals surface area contributed by atoms with Crippen molar-refractivity contribution in [1.29, 1.82) is 0 Å². The van der Waals surface area contributed by atoms with Gasteiger partial charge in [0.2, 0.25) is 5.95 Å². The molecule has 6 heteroatoms. The lowest BCUT2D eigenvalue weighted by molar-refractivity contribution is -0.108. The summed E-state index contributed by atoms with van der Waals surface area (Å²) in [6, 6.07) is 0.228. The molecule has 1 N–H and O–H groups in total. The molecule has 0 aromatic carbocycles. The number of anilines is 1. The number of rotatable bonds is 2. The summed E-state index contributed by atoms with van der Waals surface area (Å²) in [6.07, 6.45) is 6.05. The Morgan fingerprint density at radius 2 is 2.20 bits per heavy atom. The van der Waals surface area contributed by atoms with Crippen molar-refractivity contribution in [2.75, 3.05) is 24.7 Å². The van der Waals surface area contributed by atoms with Crippen LogP contribution >= 0.6 is 11.6 Å². The molecule has 0 amide bonds. The number of hydrogen-bond acceptors (Lipinski definition) is 5. The highest BCUT2D eigenvalue weighted by molar-refractivity contribution is 6.30. The molecule has 5 nitrogen and oxygen atoms in total. The average Bonchev–Trinajstić information content (AvgIpc) is 2.88. The third-order valence-corrected chi connectivity index (χ3v) is 4.67. The summed E-state index contributed by atoms with van der Waals surface area (Å²) < 4.78 is 5.58. The van der Waals surface area contributed by atoms with Gasteiger partial charge < -0.3 is 14.7 Å². The highest BCUT2D eigenvalue weighted by Gasteiger charge is 2.44. The SMILES string of the molecule is C[C@]1(O)CCOC[C@@H]1[C@@H]1CCCN1c1ncc(Cl)cn1. The van der Waals surface area contributed by atoms with E-state index >= 15 is 0 Å². The normalized spacial score (nSPS) is 34.5. The van der Waals surface area contributed by atoms with Gasteiger partial charge in [-0.15, -0.1) is 0 Å². The minimum Gasteiger partial charge on any atom is -0.390 e. The molecule has 1 aromatic heterocycles. The van der Waals surface area contributed by atoms with Gasteiger partial charge in [-0.05, 0) is 26.2 Å². The fraction of sp³-hybridized carbons (Fsp3) is 0.714. The van der Waals surface area contributed by atoms with E-state index in [0.29, 0.717) is 30.6 Å². The van der Waals surface area contributed by atoms with Gasteiger partial charge in [0.15, 0.2) is 0 Å². The topological polar surface area (TPSA) is 58.5 Å². The van der Waals surface area contributed by atoms with Crippen LogP contribution < -0.4 is 4.90 Å². The average molecular weight is 298 g/mol. The number of ether oxygens (including phenoxy) is 1. The Labute approximate surface area is 123 Å². The molecule has 2 aliphatic heterocycles. The zero-order valence-electron chi connectivity index (χ0n) is 11.6. The lowest BCUT2D eigenvalue weighted by Crippen LogP contribution is -2.52. The number of aliphatic hydroxyl groups is 1.